The number of carbonyl (C=O) groups is 1. The molecule has 0 atom stereocenters. The van der Waals surface area contributed by atoms with Crippen LogP contribution < -0.4 is 10.6 Å². The monoisotopic (exact) mass is 396 g/mol. The smallest absolute Gasteiger partial charge is 0.260 e. The van der Waals surface area contributed by atoms with Gasteiger partial charge in [-0.15, -0.1) is 0 Å². The summed E-state index contributed by atoms with van der Waals surface area (Å²) in [7, 11) is 0. The van der Waals surface area contributed by atoms with E-state index in [2.05, 4.69) is 10.1 Å². The Morgan fingerprint density at radius 1 is 1.14 bits per heavy atom. The molecule has 3 aromatic rings. The number of anilines is 1. The summed E-state index contributed by atoms with van der Waals surface area (Å²) >= 11 is 6.01. The molecular weight excluding hydrogens is 376 g/mol. The highest BCUT2D eigenvalue weighted by molar-refractivity contribution is 6.30. The Balaban J connectivity index is 1.95. The van der Waals surface area contributed by atoms with Gasteiger partial charge in [-0.1, -0.05) is 41.0 Å². The van der Waals surface area contributed by atoms with Gasteiger partial charge in [0.25, 0.3) is 5.91 Å². The third-order valence-electron chi connectivity index (χ3n) is 4.46. The molecule has 1 amide bonds. The summed E-state index contributed by atoms with van der Waals surface area (Å²) in [5.41, 5.74) is 10.2. The molecule has 0 aliphatic carbocycles. The maximum Gasteiger partial charge on any atom is 0.260 e. The fraction of sp³-hybridized carbons (Fsp3) is 0.143. The number of carbonyl (C=O) groups excluding carboxylic acids is 1. The van der Waals surface area contributed by atoms with Crippen molar-refractivity contribution in [1.82, 2.24) is 4.98 Å². The third-order valence-corrected chi connectivity index (χ3v) is 4.71. The van der Waals surface area contributed by atoms with Gasteiger partial charge in [-0.25, -0.2) is 0 Å². The molecule has 0 radical (unpaired) electrons. The quantitative estimate of drug-likeness (QED) is 0.261. The molecule has 0 saturated heterocycles. The predicted octanol–water partition coefficient (Wildman–Crippen LogP) is 4.23. The summed E-state index contributed by atoms with van der Waals surface area (Å²) in [6.45, 7) is 4.16. The van der Waals surface area contributed by atoms with Crippen LogP contribution >= 0.6 is 11.6 Å². The Morgan fingerprint density at radius 3 is 2.32 bits per heavy atom. The summed E-state index contributed by atoms with van der Waals surface area (Å²) in [4.78, 5) is 18.2. The van der Waals surface area contributed by atoms with Gasteiger partial charge in [-0.05, 0) is 49.7 Å². The molecule has 2 aromatic carbocycles. The molecule has 4 N–H and O–H groups in total. The van der Waals surface area contributed by atoms with E-state index in [4.69, 9.17) is 22.5 Å². The minimum absolute atomic E-state index is 0.0376. The Bertz CT molecular complexity index is 1010. The Hall–Kier alpha value is -3.25. The number of oxime groups is 1. The van der Waals surface area contributed by atoms with Crippen molar-refractivity contribution in [3.8, 4) is 0 Å². The minimum atomic E-state index is -0.107. The summed E-state index contributed by atoms with van der Waals surface area (Å²) < 4.78 is 0. The predicted molar refractivity (Wildman–Crippen MR) is 111 cm³/mol. The van der Waals surface area contributed by atoms with Crippen LogP contribution in [0, 0.1) is 13.8 Å². The molecule has 1 aromatic heterocycles. The zero-order valence-electron chi connectivity index (χ0n) is 15.6. The molecule has 6 nitrogen and oxygen atoms in total. The maximum absolute atomic E-state index is 13.3. The number of nitrogens with two attached hydrogens (primary N) is 1. The first-order valence-electron chi connectivity index (χ1n) is 8.69. The SMILES string of the molecule is Cc1cc(C(=O)N(Cc2ccc(C(N)=NO)cc2)c2ccc(Cl)cc2)c(C)[nH]1. The van der Waals surface area contributed by atoms with E-state index in [-0.39, 0.29) is 11.7 Å². The highest BCUT2D eigenvalue weighted by Gasteiger charge is 2.21. The fourth-order valence-corrected chi connectivity index (χ4v) is 3.14. The average molecular weight is 397 g/mol. The van der Waals surface area contributed by atoms with Crippen LogP contribution in [0.5, 0.6) is 0 Å². The van der Waals surface area contributed by atoms with E-state index < -0.39 is 0 Å². The first kappa shape index (κ1) is 19.5. The minimum Gasteiger partial charge on any atom is -0.409 e. The Labute approximate surface area is 168 Å². The Kier molecular flexibility index (Phi) is 5.70. The number of rotatable bonds is 5. The van der Waals surface area contributed by atoms with Crippen molar-refractivity contribution in [1.29, 1.82) is 0 Å². The zero-order valence-corrected chi connectivity index (χ0v) is 16.4. The number of aryl methyl sites for hydroxylation is 2. The van der Waals surface area contributed by atoms with Gasteiger partial charge in [0.15, 0.2) is 5.84 Å². The van der Waals surface area contributed by atoms with Crippen molar-refractivity contribution in [3.63, 3.8) is 0 Å². The average Bonchev–Trinajstić information content (AvgIpc) is 3.04. The maximum atomic E-state index is 13.3. The van der Waals surface area contributed by atoms with Crippen molar-refractivity contribution in [2.75, 3.05) is 4.90 Å². The summed E-state index contributed by atoms with van der Waals surface area (Å²) in [5.74, 6) is -0.0692. The number of aromatic nitrogens is 1. The van der Waals surface area contributed by atoms with Crippen LogP contribution in [0.2, 0.25) is 5.02 Å². The highest BCUT2D eigenvalue weighted by Crippen LogP contribution is 2.24. The first-order chi connectivity index (χ1) is 13.4. The summed E-state index contributed by atoms with van der Waals surface area (Å²) in [6, 6.07) is 16.2. The number of halogens is 1. The van der Waals surface area contributed by atoms with Crippen LogP contribution in [0.25, 0.3) is 0 Å². The normalized spacial score (nSPS) is 11.5. The molecule has 0 unspecified atom stereocenters. The number of nitrogens with zero attached hydrogens (tertiary/aromatic N) is 2. The molecule has 144 valence electrons. The van der Waals surface area contributed by atoms with Gasteiger partial charge in [0.1, 0.15) is 0 Å². The van der Waals surface area contributed by atoms with E-state index in [0.717, 1.165) is 22.6 Å². The van der Waals surface area contributed by atoms with Gasteiger partial charge in [0.2, 0.25) is 0 Å². The molecule has 0 aliphatic heterocycles. The van der Waals surface area contributed by atoms with Crippen molar-refractivity contribution in [2.45, 2.75) is 20.4 Å². The van der Waals surface area contributed by atoms with E-state index >= 15 is 0 Å². The molecule has 0 spiro atoms. The lowest BCUT2D eigenvalue weighted by Crippen LogP contribution is -2.30. The zero-order chi connectivity index (χ0) is 20.3. The number of aromatic amines is 1. The number of amides is 1. The van der Waals surface area contributed by atoms with E-state index in [9.17, 15) is 4.79 Å². The van der Waals surface area contributed by atoms with Crippen molar-refractivity contribution in [3.05, 3.63) is 87.7 Å². The molecule has 0 fully saturated rings. The van der Waals surface area contributed by atoms with Gasteiger partial charge < -0.3 is 20.8 Å². The summed E-state index contributed by atoms with van der Waals surface area (Å²) in [5, 5.41) is 12.4. The van der Waals surface area contributed by atoms with E-state index in [1.54, 1.807) is 29.2 Å². The number of hydrogen-bond acceptors (Lipinski definition) is 3. The molecule has 7 heteroatoms. The third kappa shape index (κ3) is 4.18. The topological polar surface area (TPSA) is 94.7 Å². The van der Waals surface area contributed by atoms with Crippen molar-refractivity contribution in [2.24, 2.45) is 10.9 Å². The molecule has 3 rings (SSSR count). The van der Waals surface area contributed by atoms with E-state index in [1.165, 1.54) is 0 Å². The number of nitrogens with one attached hydrogen (secondary N) is 1. The van der Waals surface area contributed by atoms with Crippen LogP contribution in [-0.4, -0.2) is 21.9 Å². The van der Waals surface area contributed by atoms with Gasteiger partial charge in [-0.3, -0.25) is 4.79 Å². The van der Waals surface area contributed by atoms with Crippen molar-refractivity contribution >= 4 is 29.0 Å². The Morgan fingerprint density at radius 2 is 1.79 bits per heavy atom. The second kappa shape index (κ2) is 8.19. The molecular formula is C21H21ClN4O2. The molecule has 0 aliphatic rings. The van der Waals surface area contributed by atoms with Crippen LogP contribution in [0.15, 0.2) is 59.8 Å². The molecule has 1 heterocycles. The van der Waals surface area contributed by atoms with Gasteiger partial charge in [0, 0.05) is 27.7 Å². The van der Waals surface area contributed by atoms with Crippen LogP contribution in [0.4, 0.5) is 5.69 Å². The van der Waals surface area contributed by atoms with Crippen LogP contribution in [0.1, 0.15) is 32.9 Å². The van der Waals surface area contributed by atoms with Crippen LogP contribution in [0.3, 0.4) is 0 Å². The first-order valence-corrected chi connectivity index (χ1v) is 9.07. The lowest BCUT2D eigenvalue weighted by molar-refractivity contribution is 0.0984. The lowest BCUT2D eigenvalue weighted by atomic mass is 10.1. The second-order valence-corrected chi connectivity index (χ2v) is 6.98. The molecule has 0 saturated carbocycles. The van der Waals surface area contributed by atoms with E-state index in [0.29, 0.717) is 22.7 Å². The fourth-order valence-electron chi connectivity index (χ4n) is 3.01. The number of benzene rings is 2. The largest absolute Gasteiger partial charge is 0.409 e. The molecule has 0 bridgehead atoms. The summed E-state index contributed by atoms with van der Waals surface area (Å²) in [6.07, 6.45) is 0. The van der Waals surface area contributed by atoms with Gasteiger partial charge in [0.05, 0.1) is 12.1 Å². The second-order valence-electron chi connectivity index (χ2n) is 6.54. The lowest BCUT2D eigenvalue weighted by Gasteiger charge is -2.23. The number of amidine groups is 1. The van der Waals surface area contributed by atoms with E-state index in [1.807, 2.05) is 44.2 Å². The van der Waals surface area contributed by atoms with Crippen molar-refractivity contribution < 1.29 is 10.0 Å². The molecule has 28 heavy (non-hydrogen) atoms. The standard InChI is InChI=1S/C21H21ClN4O2/c1-13-11-19(14(2)24-13)21(27)26(18-9-7-17(22)8-10-18)12-15-3-5-16(6-4-15)20(23)25-28/h3-11,24,28H,12H2,1-2H3,(H2,23,25). The van der Waals surface area contributed by atoms with Gasteiger partial charge in [-0.2, -0.15) is 0 Å². The number of hydrogen-bond donors (Lipinski definition) is 3. The number of H-pyrrole nitrogens is 1. The highest BCUT2D eigenvalue weighted by atomic mass is 35.5. The van der Waals surface area contributed by atoms with Crippen LogP contribution in [-0.2, 0) is 6.54 Å². The van der Waals surface area contributed by atoms with Gasteiger partial charge >= 0.3 is 0 Å².